The number of nitrogens with two attached hydrogens (primary N) is 1. The number of carbonyl (C=O) groups is 2. The number of benzene rings is 1. The normalized spacial score (nSPS) is 11.0. The molecule has 0 aliphatic heterocycles. The Balaban J connectivity index is 2.24. The van der Waals surface area contributed by atoms with Crippen molar-refractivity contribution in [2.24, 2.45) is 5.73 Å². The number of aliphatic carboxylic acids is 1. The molecule has 148 valence electrons. The van der Waals surface area contributed by atoms with Crippen molar-refractivity contribution < 1.29 is 19.4 Å². The lowest BCUT2D eigenvalue weighted by Crippen LogP contribution is -2.14. The van der Waals surface area contributed by atoms with Crippen molar-refractivity contribution >= 4 is 22.8 Å². The fourth-order valence-electron chi connectivity index (χ4n) is 3.42. The van der Waals surface area contributed by atoms with Gasteiger partial charge in [0.2, 0.25) is 5.91 Å². The number of aryl methyl sites for hydroxylation is 1. The first kappa shape index (κ1) is 20.8. The van der Waals surface area contributed by atoms with Gasteiger partial charge in [0, 0.05) is 29.6 Å². The maximum Gasteiger partial charge on any atom is 0.303 e. The van der Waals surface area contributed by atoms with E-state index >= 15 is 0 Å². The summed E-state index contributed by atoms with van der Waals surface area (Å²) in [5, 5.41) is 9.69. The van der Waals surface area contributed by atoms with Crippen molar-refractivity contribution in [1.82, 2.24) is 4.57 Å². The number of carboxylic acid groups (broad SMARTS) is 1. The second-order valence-corrected chi connectivity index (χ2v) is 6.94. The van der Waals surface area contributed by atoms with E-state index in [1.54, 1.807) is 0 Å². The number of carbonyl (C=O) groups excluding carboxylic acids is 1. The van der Waals surface area contributed by atoms with E-state index in [0.717, 1.165) is 35.1 Å². The first-order valence-corrected chi connectivity index (χ1v) is 9.68. The van der Waals surface area contributed by atoms with Gasteiger partial charge in [-0.3, -0.25) is 9.59 Å². The lowest BCUT2D eigenvalue weighted by Gasteiger charge is -2.09. The number of hydrogen-bond acceptors (Lipinski definition) is 3. The average molecular weight is 374 g/mol. The lowest BCUT2D eigenvalue weighted by atomic mass is 10.1. The Hall–Kier alpha value is -2.50. The third kappa shape index (κ3) is 5.74. The van der Waals surface area contributed by atoms with Crippen molar-refractivity contribution in [1.29, 1.82) is 0 Å². The Kier molecular flexibility index (Phi) is 7.70. The highest BCUT2D eigenvalue weighted by Crippen LogP contribution is 2.30. The van der Waals surface area contributed by atoms with Crippen LogP contribution in [-0.4, -0.2) is 28.2 Å². The molecule has 0 unspecified atom stereocenters. The highest BCUT2D eigenvalue weighted by Gasteiger charge is 2.16. The van der Waals surface area contributed by atoms with Crippen LogP contribution in [0, 0.1) is 6.92 Å². The topological polar surface area (TPSA) is 94.5 Å². The first-order chi connectivity index (χ1) is 12.9. The SMILES string of the molecule is CCCCCCn1c(C)c(CC(N)=O)c2cc(OCCCC(=O)O)ccc21. The van der Waals surface area contributed by atoms with Gasteiger partial charge in [0.25, 0.3) is 0 Å². The third-order valence-electron chi connectivity index (χ3n) is 4.82. The summed E-state index contributed by atoms with van der Waals surface area (Å²) in [4.78, 5) is 22.2. The van der Waals surface area contributed by atoms with Crippen LogP contribution >= 0.6 is 0 Å². The van der Waals surface area contributed by atoms with Crippen LogP contribution in [-0.2, 0) is 22.6 Å². The second kappa shape index (κ2) is 10.00. The molecule has 0 fully saturated rings. The number of carboxylic acids is 1. The van der Waals surface area contributed by atoms with E-state index in [1.165, 1.54) is 19.3 Å². The summed E-state index contributed by atoms with van der Waals surface area (Å²) in [7, 11) is 0. The van der Waals surface area contributed by atoms with Crippen molar-refractivity contribution in [3.63, 3.8) is 0 Å². The Bertz CT molecular complexity index is 795. The van der Waals surface area contributed by atoms with Crippen LogP contribution in [0.15, 0.2) is 18.2 Å². The summed E-state index contributed by atoms with van der Waals surface area (Å²) >= 11 is 0. The molecule has 0 aliphatic rings. The molecule has 6 nitrogen and oxygen atoms in total. The van der Waals surface area contributed by atoms with Gasteiger partial charge in [-0.25, -0.2) is 0 Å². The summed E-state index contributed by atoms with van der Waals surface area (Å²) in [6.07, 6.45) is 5.45. The quantitative estimate of drug-likeness (QED) is 0.553. The number of aromatic nitrogens is 1. The average Bonchev–Trinajstić information content (AvgIpc) is 2.87. The largest absolute Gasteiger partial charge is 0.494 e. The maximum absolute atomic E-state index is 11.6. The number of primary amides is 1. The van der Waals surface area contributed by atoms with Crippen LogP contribution in [0.1, 0.15) is 56.7 Å². The van der Waals surface area contributed by atoms with Gasteiger partial charge in [-0.05, 0) is 43.5 Å². The van der Waals surface area contributed by atoms with Crippen molar-refractivity contribution in [2.75, 3.05) is 6.61 Å². The molecule has 1 aromatic heterocycles. The van der Waals surface area contributed by atoms with Crippen LogP contribution in [0.25, 0.3) is 10.9 Å². The van der Waals surface area contributed by atoms with Crippen LogP contribution in [0.5, 0.6) is 5.75 Å². The molecular formula is C21H30N2O4. The summed E-state index contributed by atoms with van der Waals surface area (Å²) in [6, 6.07) is 5.85. The molecule has 3 N–H and O–H groups in total. The molecule has 2 aromatic rings. The second-order valence-electron chi connectivity index (χ2n) is 6.94. The fraction of sp³-hybridized carbons (Fsp3) is 0.524. The molecule has 1 amide bonds. The van der Waals surface area contributed by atoms with Crippen LogP contribution in [0.4, 0.5) is 0 Å². The standard InChI is InChI=1S/C21H30N2O4/c1-3-4-5-6-11-23-15(2)17(14-20(22)24)18-13-16(9-10-19(18)23)27-12-7-8-21(25)26/h9-10,13H,3-8,11-12,14H2,1-2H3,(H2,22,24)(H,25,26). The van der Waals surface area contributed by atoms with Gasteiger partial charge in [-0.2, -0.15) is 0 Å². The van der Waals surface area contributed by atoms with E-state index in [0.29, 0.717) is 18.8 Å². The monoisotopic (exact) mass is 374 g/mol. The maximum atomic E-state index is 11.6. The molecule has 0 bridgehead atoms. The molecule has 2 rings (SSSR count). The predicted octanol–water partition coefficient (Wildman–Crippen LogP) is 3.80. The van der Waals surface area contributed by atoms with Gasteiger partial charge in [0.05, 0.1) is 13.0 Å². The van der Waals surface area contributed by atoms with Crippen molar-refractivity contribution in [3.05, 3.63) is 29.5 Å². The molecule has 27 heavy (non-hydrogen) atoms. The van der Waals surface area contributed by atoms with Gasteiger partial charge in [-0.15, -0.1) is 0 Å². The summed E-state index contributed by atoms with van der Waals surface area (Å²) in [5.74, 6) is -0.494. The van der Waals surface area contributed by atoms with Crippen molar-refractivity contribution in [3.8, 4) is 5.75 Å². The smallest absolute Gasteiger partial charge is 0.303 e. The lowest BCUT2D eigenvalue weighted by molar-refractivity contribution is -0.137. The van der Waals surface area contributed by atoms with Gasteiger partial charge >= 0.3 is 5.97 Å². The van der Waals surface area contributed by atoms with Crippen LogP contribution < -0.4 is 10.5 Å². The number of nitrogens with zero attached hydrogens (tertiary/aromatic N) is 1. The molecule has 0 atom stereocenters. The van der Waals surface area contributed by atoms with Gasteiger partial charge in [0.1, 0.15) is 5.75 Å². The summed E-state index contributed by atoms with van der Waals surface area (Å²) in [6.45, 7) is 5.49. The zero-order valence-electron chi connectivity index (χ0n) is 16.3. The summed E-state index contributed by atoms with van der Waals surface area (Å²) in [5.41, 5.74) is 8.57. The molecule has 0 spiro atoms. The Morgan fingerprint density at radius 1 is 1.19 bits per heavy atom. The zero-order chi connectivity index (χ0) is 19.8. The number of amides is 1. The molecule has 0 saturated carbocycles. The molecule has 0 radical (unpaired) electrons. The van der Waals surface area contributed by atoms with Crippen LogP contribution in [0.2, 0.25) is 0 Å². The van der Waals surface area contributed by atoms with Crippen molar-refractivity contribution in [2.45, 2.75) is 65.3 Å². The van der Waals surface area contributed by atoms with E-state index in [-0.39, 0.29) is 18.7 Å². The first-order valence-electron chi connectivity index (χ1n) is 9.68. The highest BCUT2D eigenvalue weighted by atomic mass is 16.5. The molecule has 6 heteroatoms. The van der Waals surface area contributed by atoms with Gasteiger partial charge in [-0.1, -0.05) is 26.2 Å². The minimum absolute atomic E-state index is 0.0857. The molecule has 1 aromatic carbocycles. The predicted molar refractivity (Wildman–Crippen MR) is 106 cm³/mol. The van der Waals surface area contributed by atoms with Crippen LogP contribution in [0.3, 0.4) is 0 Å². The zero-order valence-corrected chi connectivity index (χ0v) is 16.3. The number of fused-ring (bicyclic) bond motifs is 1. The third-order valence-corrected chi connectivity index (χ3v) is 4.82. The van der Waals surface area contributed by atoms with E-state index in [9.17, 15) is 9.59 Å². The van der Waals surface area contributed by atoms with Gasteiger partial charge < -0.3 is 20.1 Å². The Morgan fingerprint density at radius 3 is 2.63 bits per heavy atom. The molecule has 0 aliphatic carbocycles. The molecule has 0 saturated heterocycles. The highest BCUT2D eigenvalue weighted by molar-refractivity contribution is 5.91. The molecular weight excluding hydrogens is 344 g/mol. The minimum Gasteiger partial charge on any atom is -0.494 e. The minimum atomic E-state index is -0.825. The Morgan fingerprint density at radius 2 is 1.96 bits per heavy atom. The molecule has 1 heterocycles. The number of ether oxygens (including phenoxy) is 1. The number of hydrogen-bond donors (Lipinski definition) is 2. The number of rotatable bonds is 12. The van der Waals surface area contributed by atoms with E-state index in [2.05, 4.69) is 11.5 Å². The van der Waals surface area contributed by atoms with Gasteiger partial charge in [0.15, 0.2) is 0 Å². The Labute approximate surface area is 160 Å². The number of unbranched alkanes of at least 4 members (excludes halogenated alkanes) is 3. The van der Waals surface area contributed by atoms with E-state index < -0.39 is 5.97 Å². The fourth-order valence-corrected chi connectivity index (χ4v) is 3.42. The summed E-state index contributed by atoms with van der Waals surface area (Å²) < 4.78 is 7.96. The van der Waals surface area contributed by atoms with E-state index in [1.807, 2.05) is 25.1 Å². The van der Waals surface area contributed by atoms with E-state index in [4.69, 9.17) is 15.6 Å².